The lowest BCUT2D eigenvalue weighted by Gasteiger charge is -2.07. The molecule has 410 valence electrons. The highest BCUT2D eigenvalue weighted by Crippen LogP contribution is 2.37. The first-order valence-electron chi connectivity index (χ1n) is 23.1. The second-order valence-corrected chi connectivity index (χ2v) is 22.9. The van der Waals surface area contributed by atoms with Gasteiger partial charge in [0.25, 0.3) is 0 Å². The van der Waals surface area contributed by atoms with Gasteiger partial charge in [-0.05, 0) is 274 Å². The van der Waals surface area contributed by atoms with Gasteiger partial charge in [0.15, 0.2) is 11.5 Å². The highest BCUT2D eigenvalue weighted by molar-refractivity contribution is 9.11. The third kappa shape index (κ3) is 21.3. The van der Waals surface area contributed by atoms with Crippen molar-refractivity contribution in [3.05, 3.63) is 210 Å². The first-order chi connectivity index (χ1) is 35.2. The number of ether oxygens (including phenoxy) is 1. The molecule has 76 heavy (non-hydrogen) atoms. The number of aromatic hydroxyl groups is 3. The minimum absolute atomic E-state index is 0.108. The van der Waals surface area contributed by atoms with Crippen molar-refractivity contribution in [3.63, 3.8) is 0 Å². The van der Waals surface area contributed by atoms with Crippen LogP contribution in [0.15, 0.2) is 80.1 Å². The van der Waals surface area contributed by atoms with Crippen molar-refractivity contribution in [3.8, 4) is 23.0 Å². The zero-order valence-corrected chi connectivity index (χ0v) is 55.4. The lowest BCUT2D eigenvalue weighted by molar-refractivity contribution is 0.111. The van der Waals surface area contributed by atoms with Gasteiger partial charge in [-0.15, -0.1) is 0 Å². The van der Waals surface area contributed by atoms with Crippen molar-refractivity contribution in [2.24, 2.45) is 0 Å². The normalized spacial score (nSPS) is 9.97. The van der Waals surface area contributed by atoms with E-state index in [-0.39, 0.29) is 28.0 Å². The van der Waals surface area contributed by atoms with Crippen LogP contribution in [0.5, 0.6) is 23.0 Å². The lowest BCUT2D eigenvalue weighted by atomic mass is 10.1. The molecular formula is C60H64Br3Cl7O6. The molecule has 0 atom stereocenters. The first-order valence-corrected chi connectivity index (χ1v) is 28.1. The van der Waals surface area contributed by atoms with Crippen LogP contribution in [-0.4, -0.2) is 35.0 Å². The maximum atomic E-state index is 10.4. The highest BCUT2D eigenvalue weighted by Gasteiger charge is 2.10. The van der Waals surface area contributed by atoms with Gasteiger partial charge in [0.1, 0.15) is 24.1 Å². The van der Waals surface area contributed by atoms with Crippen LogP contribution in [-0.2, 0) is 0 Å². The fourth-order valence-electron chi connectivity index (χ4n) is 6.35. The Bertz CT molecular complexity index is 2830. The van der Waals surface area contributed by atoms with Crippen LogP contribution in [0.25, 0.3) is 0 Å². The van der Waals surface area contributed by atoms with E-state index in [0.29, 0.717) is 37.0 Å². The van der Waals surface area contributed by atoms with E-state index in [1.807, 2.05) is 94.4 Å². The number of methoxy groups -OCH3 is 1. The summed E-state index contributed by atoms with van der Waals surface area (Å²) in [5.41, 5.74) is 18.0. The molecule has 0 amide bonds. The van der Waals surface area contributed by atoms with E-state index in [2.05, 4.69) is 87.6 Å². The van der Waals surface area contributed by atoms with Crippen LogP contribution in [0.2, 0.25) is 35.2 Å². The number of phenols is 3. The fraction of sp³-hybridized carbons (Fsp3) is 0.267. The summed E-state index contributed by atoms with van der Waals surface area (Å²) in [5, 5.41) is 32.1. The van der Waals surface area contributed by atoms with E-state index in [4.69, 9.17) is 91.0 Å². The molecule has 0 fully saturated rings. The molecule has 0 radical (unpaired) electrons. The lowest BCUT2D eigenvalue weighted by Crippen LogP contribution is -1.87. The van der Waals surface area contributed by atoms with Gasteiger partial charge in [-0.25, -0.2) is 0 Å². The Kier molecular flexibility index (Phi) is 30.8. The molecule has 0 bridgehead atoms. The van der Waals surface area contributed by atoms with Gasteiger partial charge in [-0.2, -0.15) is 0 Å². The number of benzene rings is 7. The number of hydrogen-bond donors (Lipinski definition) is 3. The Morgan fingerprint density at radius 2 is 0.776 bits per heavy atom. The minimum Gasteiger partial charge on any atom is -0.508 e. The van der Waals surface area contributed by atoms with Gasteiger partial charge in [0.05, 0.1) is 26.7 Å². The number of carbonyl (C=O) groups excluding carboxylic acids is 2. The van der Waals surface area contributed by atoms with Gasteiger partial charge in [0.2, 0.25) is 0 Å². The third-order valence-electron chi connectivity index (χ3n) is 12.0. The maximum absolute atomic E-state index is 10.4. The molecule has 0 aromatic heterocycles. The molecule has 3 N–H and O–H groups in total. The smallest absolute Gasteiger partial charge is 0.176 e. The molecule has 0 saturated carbocycles. The monoisotopic (exact) mass is 1360 g/mol. The Labute approximate surface area is 510 Å². The molecule has 0 aliphatic carbocycles. The number of carbonyl (C=O) groups is 2. The summed E-state index contributed by atoms with van der Waals surface area (Å²) in [7, 11) is 1.39. The predicted molar refractivity (Wildman–Crippen MR) is 337 cm³/mol. The highest BCUT2D eigenvalue weighted by atomic mass is 79.9. The number of halogens is 10. The van der Waals surface area contributed by atoms with E-state index in [1.54, 1.807) is 24.3 Å². The van der Waals surface area contributed by atoms with Crippen LogP contribution >= 0.6 is 129 Å². The maximum Gasteiger partial charge on any atom is 0.176 e. The zero-order chi connectivity index (χ0) is 58.8. The van der Waals surface area contributed by atoms with Crippen molar-refractivity contribution >= 4 is 142 Å². The topological polar surface area (TPSA) is 104 Å². The average Bonchev–Trinajstić information content (AvgIpc) is 3.36. The summed E-state index contributed by atoms with van der Waals surface area (Å²) in [4.78, 5) is 20.7. The molecule has 0 spiro atoms. The standard InChI is InChI=1S/2C9H10BrCl.C9H9ClO.C9H11Cl.C8H8BrClO.C8H7ClO3.C8H9ClO/c1-5-4-8(11)6(2)7(3)9(5)10;1-5-4-6(2)8(10)9(11)7(5)3;1-6-3-8(5-11)4-9(10)7(6)2;1-6-4-7(2)8(3)9(10)5-6;1-4-3-6(11)7(9)8(10)5(4)2;1-12-7-3-5(4-10)2-6(9)8(7)11;1-5-3-7(10)4-8(9)6(5)2/h2*4H,1-3H3;3-5H,1-2H3;4-5H,1-3H3;3,11H,1-2H3;2-4,11H,1H3;3-4,10H,1-2H3. The van der Waals surface area contributed by atoms with Crippen LogP contribution in [0, 0.1) is 104 Å². The summed E-state index contributed by atoms with van der Waals surface area (Å²) in [6.07, 6.45) is 1.44. The number of aryl methyl sites for hydroxylation is 8. The van der Waals surface area contributed by atoms with Gasteiger partial charge in [-0.3, -0.25) is 9.59 Å². The Morgan fingerprint density at radius 3 is 1.25 bits per heavy atom. The quantitative estimate of drug-likeness (QED) is 0.152. The summed E-state index contributed by atoms with van der Waals surface area (Å²) in [6.45, 7) is 30.0. The zero-order valence-electron chi connectivity index (χ0n) is 45.4. The second kappa shape index (κ2) is 33.2. The van der Waals surface area contributed by atoms with Crippen LogP contribution in [0.4, 0.5) is 0 Å². The van der Waals surface area contributed by atoms with Crippen LogP contribution < -0.4 is 4.74 Å². The van der Waals surface area contributed by atoms with Gasteiger partial charge in [-0.1, -0.05) is 109 Å². The molecule has 7 aromatic carbocycles. The summed E-state index contributed by atoms with van der Waals surface area (Å²) in [5.74, 6) is 0.473. The summed E-state index contributed by atoms with van der Waals surface area (Å²) < 4.78 is 7.53. The van der Waals surface area contributed by atoms with Crippen LogP contribution in [0.1, 0.15) is 104 Å². The van der Waals surface area contributed by atoms with Crippen molar-refractivity contribution in [2.75, 3.05) is 7.11 Å². The third-order valence-corrected chi connectivity index (χ3v) is 18.3. The minimum atomic E-state index is -0.148. The fourth-order valence-corrected chi connectivity index (χ4v) is 9.51. The SMILES string of the molecule is COc1cc(C=O)cc(Cl)c1O.Cc1cc(C)c(Br)c(Cl)c1C.Cc1cc(C)c(C)c(Cl)c1.Cc1cc(C=O)cc(Cl)c1C.Cc1cc(Cl)c(C)c(C)c1Br.Cc1cc(O)c(Br)c(Cl)c1C.Cc1cc(O)cc(Cl)c1C. The Morgan fingerprint density at radius 1 is 0.382 bits per heavy atom. The van der Waals surface area contributed by atoms with E-state index in [9.17, 15) is 19.8 Å². The van der Waals surface area contributed by atoms with Crippen molar-refractivity contribution in [2.45, 2.75) is 104 Å². The second-order valence-electron chi connectivity index (χ2n) is 17.8. The van der Waals surface area contributed by atoms with Gasteiger partial charge < -0.3 is 20.1 Å². The number of aldehydes is 2. The van der Waals surface area contributed by atoms with E-state index in [1.165, 1.54) is 62.7 Å². The predicted octanol–water partition coefficient (Wildman–Crippen LogP) is 22.0. The molecule has 0 unspecified atom stereocenters. The molecule has 7 aromatic rings. The van der Waals surface area contributed by atoms with E-state index < -0.39 is 0 Å². The number of rotatable bonds is 3. The molecule has 16 heteroatoms. The molecule has 7 rings (SSSR count). The largest absolute Gasteiger partial charge is 0.508 e. The average molecular weight is 1370 g/mol. The summed E-state index contributed by atoms with van der Waals surface area (Å²) in [6, 6.07) is 19.5. The molecular weight excluding hydrogens is 1300 g/mol. The first kappa shape index (κ1) is 70.6. The van der Waals surface area contributed by atoms with E-state index >= 15 is 0 Å². The number of phenolic OH excluding ortho intramolecular Hbond substituents is 3. The van der Waals surface area contributed by atoms with E-state index in [0.717, 1.165) is 70.3 Å². The molecule has 0 aliphatic heterocycles. The molecule has 0 aliphatic rings. The van der Waals surface area contributed by atoms with Gasteiger partial charge >= 0.3 is 0 Å². The van der Waals surface area contributed by atoms with Crippen molar-refractivity contribution in [1.29, 1.82) is 0 Å². The summed E-state index contributed by atoms with van der Waals surface area (Å²) >= 11 is 51.1. The van der Waals surface area contributed by atoms with Crippen molar-refractivity contribution in [1.82, 2.24) is 0 Å². The Balaban J connectivity index is 0.000000444. The molecule has 0 saturated heterocycles. The number of hydrogen-bond acceptors (Lipinski definition) is 6. The van der Waals surface area contributed by atoms with Gasteiger partial charge in [0, 0.05) is 40.2 Å². The van der Waals surface area contributed by atoms with Crippen LogP contribution in [0.3, 0.4) is 0 Å². The molecule has 0 heterocycles. The Hall–Kier alpha value is -3.45. The molecule has 6 nitrogen and oxygen atoms in total. The van der Waals surface area contributed by atoms with Crippen molar-refractivity contribution < 1.29 is 29.6 Å².